The van der Waals surface area contributed by atoms with Crippen molar-refractivity contribution >= 4 is 29.3 Å². The van der Waals surface area contributed by atoms with Gasteiger partial charge in [-0.3, -0.25) is 9.48 Å². The SMILES string of the molecule is Cc1nn(Cc2ccccc2)c(C)c1CNC(=O)CSc1ccc(Cl)cn1. The number of aryl methyl sites for hydroxylation is 1. The maximum absolute atomic E-state index is 12.2. The van der Waals surface area contributed by atoms with E-state index in [0.717, 1.165) is 28.5 Å². The molecule has 2 heterocycles. The van der Waals surface area contributed by atoms with Crippen LogP contribution >= 0.6 is 23.4 Å². The number of nitrogens with zero attached hydrogens (tertiary/aromatic N) is 3. The summed E-state index contributed by atoms with van der Waals surface area (Å²) in [5.41, 5.74) is 4.28. The number of hydrogen-bond acceptors (Lipinski definition) is 4. The molecule has 5 nitrogen and oxygen atoms in total. The molecule has 140 valence electrons. The van der Waals surface area contributed by atoms with Crippen LogP contribution in [-0.4, -0.2) is 26.4 Å². The van der Waals surface area contributed by atoms with Crippen molar-refractivity contribution < 1.29 is 4.79 Å². The number of aromatic nitrogens is 3. The molecular weight excluding hydrogens is 380 g/mol. The van der Waals surface area contributed by atoms with Gasteiger partial charge in [0.1, 0.15) is 0 Å². The molecule has 0 unspecified atom stereocenters. The molecule has 1 amide bonds. The van der Waals surface area contributed by atoms with Crippen LogP contribution in [0.1, 0.15) is 22.5 Å². The van der Waals surface area contributed by atoms with Gasteiger partial charge in [-0.2, -0.15) is 5.10 Å². The molecule has 0 bridgehead atoms. The van der Waals surface area contributed by atoms with Crippen molar-refractivity contribution in [1.29, 1.82) is 0 Å². The van der Waals surface area contributed by atoms with Crippen molar-refractivity contribution in [2.75, 3.05) is 5.75 Å². The molecule has 0 spiro atoms. The first-order valence-electron chi connectivity index (χ1n) is 8.61. The van der Waals surface area contributed by atoms with Gasteiger partial charge in [0.15, 0.2) is 0 Å². The second kappa shape index (κ2) is 9.06. The number of carbonyl (C=O) groups is 1. The van der Waals surface area contributed by atoms with Gasteiger partial charge in [0.25, 0.3) is 0 Å². The zero-order valence-corrected chi connectivity index (χ0v) is 16.8. The summed E-state index contributed by atoms with van der Waals surface area (Å²) in [4.78, 5) is 16.3. The molecule has 3 rings (SSSR count). The van der Waals surface area contributed by atoms with Crippen LogP contribution in [-0.2, 0) is 17.9 Å². The third-order valence-corrected chi connectivity index (χ3v) is 5.39. The van der Waals surface area contributed by atoms with Crippen LogP contribution in [0.4, 0.5) is 0 Å². The van der Waals surface area contributed by atoms with Crippen molar-refractivity contribution in [3.8, 4) is 0 Å². The van der Waals surface area contributed by atoms with Crippen LogP contribution in [0.2, 0.25) is 5.02 Å². The number of amides is 1. The van der Waals surface area contributed by atoms with Crippen LogP contribution in [0.3, 0.4) is 0 Å². The maximum atomic E-state index is 12.2. The number of halogens is 1. The summed E-state index contributed by atoms with van der Waals surface area (Å²) in [6, 6.07) is 13.8. The van der Waals surface area contributed by atoms with Crippen molar-refractivity contribution in [3.63, 3.8) is 0 Å². The Balaban J connectivity index is 1.55. The lowest BCUT2D eigenvalue weighted by atomic mass is 10.2. The molecule has 2 aromatic heterocycles. The van der Waals surface area contributed by atoms with Crippen LogP contribution in [0.15, 0.2) is 53.7 Å². The molecule has 0 aliphatic rings. The minimum Gasteiger partial charge on any atom is -0.351 e. The van der Waals surface area contributed by atoms with Gasteiger partial charge < -0.3 is 5.32 Å². The summed E-state index contributed by atoms with van der Waals surface area (Å²) in [5.74, 6) is 0.275. The summed E-state index contributed by atoms with van der Waals surface area (Å²) in [6.45, 7) is 5.21. The second-order valence-corrected chi connectivity index (χ2v) is 7.60. The van der Waals surface area contributed by atoms with E-state index >= 15 is 0 Å². The van der Waals surface area contributed by atoms with Gasteiger partial charge in [-0.15, -0.1) is 0 Å². The molecule has 0 aliphatic carbocycles. The fourth-order valence-corrected chi connectivity index (χ4v) is 3.51. The first-order valence-corrected chi connectivity index (χ1v) is 9.97. The van der Waals surface area contributed by atoms with Crippen LogP contribution in [0.5, 0.6) is 0 Å². The lowest BCUT2D eigenvalue weighted by molar-refractivity contribution is -0.118. The quantitative estimate of drug-likeness (QED) is 0.609. The number of benzene rings is 1. The number of nitrogens with one attached hydrogen (secondary N) is 1. The van der Waals surface area contributed by atoms with Gasteiger partial charge in [0.05, 0.1) is 28.0 Å². The third kappa shape index (κ3) is 5.34. The second-order valence-electron chi connectivity index (χ2n) is 6.17. The molecular formula is C20H21ClN4OS. The van der Waals surface area contributed by atoms with E-state index in [0.29, 0.717) is 17.3 Å². The number of carbonyl (C=O) groups excluding carboxylic acids is 1. The highest BCUT2D eigenvalue weighted by atomic mass is 35.5. The normalized spacial score (nSPS) is 10.8. The highest BCUT2D eigenvalue weighted by Crippen LogP contribution is 2.18. The molecule has 0 saturated heterocycles. The molecule has 0 saturated carbocycles. The van der Waals surface area contributed by atoms with E-state index in [1.807, 2.05) is 42.8 Å². The van der Waals surface area contributed by atoms with Gasteiger partial charge in [-0.05, 0) is 31.5 Å². The predicted molar refractivity (Wildman–Crippen MR) is 109 cm³/mol. The molecule has 0 atom stereocenters. The van der Waals surface area contributed by atoms with E-state index in [1.165, 1.54) is 17.3 Å². The van der Waals surface area contributed by atoms with Crippen molar-refractivity contribution in [2.24, 2.45) is 0 Å². The highest BCUT2D eigenvalue weighted by Gasteiger charge is 2.13. The van der Waals surface area contributed by atoms with E-state index in [-0.39, 0.29) is 5.91 Å². The Kier molecular flexibility index (Phi) is 6.53. The summed E-state index contributed by atoms with van der Waals surface area (Å²) >= 11 is 7.20. The van der Waals surface area contributed by atoms with E-state index < -0.39 is 0 Å². The molecule has 0 fully saturated rings. The van der Waals surface area contributed by atoms with Gasteiger partial charge >= 0.3 is 0 Å². The number of rotatable bonds is 7. The van der Waals surface area contributed by atoms with Crippen molar-refractivity contribution in [3.05, 3.63) is 76.2 Å². The molecule has 3 aromatic rings. The average Bonchev–Trinajstić information content (AvgIpc) is 2.93. The summed E-state index contributed by atoms with van der Waals surface area (Å²) in [6.07, 6.45) is 1.58. The topological polar surface area (TPSA) is 59.8 Å². The van der Waals surface area contributed by atoms with Gasteiger partial charge in [0.2, 0.25) is 5.91 Å². The lowest BCUT2D eigenvalue weighted by Crippen LogP contribution is -2.25. The first-order chi connectivity index (χ1) is 13.0. The van der Waals surface area contributed by atoms with Gasteiger partial charge in [-0.25, -0.2) is 4.98 Å². The lowest BCUT2D eigenvalue weighted by Gasteiger charge is -2.07. The Morgan fingerprint density at radius 3 is 2.67 bits per heavy atom. The molecule has 27 heavy (non-hydrogen) atoms. The van der Waals surface area contributed by atoms with E-state index in [4.69, 9.17) is 11.6 Å². The highest BCUT2D eigenvalue weighted by molar-refractivity contribution is 7.99. The van der Waals surface area contributed by atoms with Crippen LogP contribution in [0, 0.1) is 13.8 Å². The number of pyridine rings is 1. The largest absolute Gasteiger partial charge is 0.351 e. The Labute approximate surface area is 168 Å². The Hall–Kier alpha value is -2.31. The minimum absolute atomic E-state index is 0.0358. The fourth-order valence-electron chi connectivity index (χ4n) is 2.73. The third-order valence-electron chi connectivity index (χ3n) is 4.22. The molecule has 1 aromatic carbocycles. The van der Waals surface area contributed by atoms with E-state index in [1.54, 1.807) is 12.3 Å². The minimum atomic E-state index is -0.0358. The first kappa shape index (κ1) is 19.5. The smallest absolute Gasteiger partial charge is 0.230 e. The Morgan fingerprint density at radius 2 is 1.96 bits per heavy atom. The van der Waals surface area contributed by atoms with Crippen molar-refractivity contribution in [2.45, 2.75) is 32.0 Å². The Morgan fingerprint density at radius 1 is 1.19 bits per heavy atom. The van der Waals surface area contributed by atoms with Gasteiger partial charge in [-0.1, -0.05) is 53.7 Å². The van der Waals surface area contributed by atoms with Crippen molar-refractivity contribution in [1.82, 2.24) is 20.1 Å². The number of thioether (sulfide) groups is 1. The summed E-state index contributed by atoms with van der Waals surface area (Å²) in [5, 5.41) is 8.96. The monoisotopic (exact) mass is 400 g/mol. The summed E-state index contributed by atoms with van der Waals surface area (Å²) in [7, 11) is 0. The predicted octanol–water partition coefficient (Wildman–Crippen LogP) is 4.01. The summed E-state index contributed by atoms with van der Waals surface area (Å²) < 4.78 is 1.98. The molecule has 0 radical (unpaired) electrons. The molecule has 7 heteroatoms. The average molecular weight is 401 g/mol. The van der Waals surface area contributed by atoms with Crippen LogP contribution in [0.25, 0.3) is 0 Å². The van der Waals surface area contributed by atoms with E-state index in [9.17, 15) is 4.79 Å². The number of hydrogen-bond donors (Lipinski definition) is 1. The fraction of sp³-hybridized carbons (Fsp3) is 0.250. The van der Waals surface area contributed by atoms with Crippen LogP contribution < -0.4 is 5.32 Å². The zero-order valence-electron chi connectivity index (χ0n) is 15.3. The standard InChI is InChI=1S/C20H21ClN4OS/c1-14-18(15(2)25(24-14)12-16-6-4-3-5-7-16)11-22-19(26)13-27-20-9-8-17(21)10-23-20/h3-10H,11-13H2,1-2H3,(H,22,26). The van der Waals surface area contributed by atoms with E-state index in [2.05, 4.69) is 27.5 Å². The molecule has 0 aliphatic heterocycles. The Bertz CT molecular complexity index is 910. The maximum Gasteiger partial charge on any atom is 0.230 e. The zero-order chi connectivity index (χ0) is 19.2. The van der Waals surface area contributed by atoms with Gasteiger partial charge in [0, 0.05) is 24.0 Å². The molecule has 1 N–H and O–H groups in total.